The molecule has 0 heterocycles. The first-order valence-corrected chi connectivity index (χ1v) is 5.59. The summed E-state index contributed by atoms with van der Waals surface area (Å²) in [6.45, 7) is 4.96. The summed E-state index contributed by atoms with van der Waals surface area (Å²) >= 11 is 0. The Morgan fingerprint density at radius 1 is 1.06 bits per heavy atom. The van der Waals surface area contributed by atoms with Crippen LogP contribution in [0.3, 0.4) is 0 Å². The fraction of sp³-hybridized carbons (Fsp3) is 0.500. The van der Waals surface area contributed by atoms with Crippen LogP contribution in [0.1, 0.15) is 6.92 Å². The molecule has 0 aliphatic rings. The molecule has 0 amide bonds. The van der Waals surface area contributed by atoms with Gasteiger partial charge >= 0.3 is 0 Å². The molecular formula is C12H17F2NO2. The van der Waals surface area contributed by atoms with Crippen molar-refractivity contribution in [3.63, 3.8) is 0 Å². The van der Waals surface area contributed by atoms with Crippen LogP contribution in [0.25, 0.3) is 0 Å². The molecule has 0 radical (unpaired) electrons. The number of hydrogen-bond acceptors (Lipinski definition) is 3. The van der Waals surface area contributed by atoms with Gasteiger partial charge in [0.2, 0.25) is 0 Å². The number of halogens is 2. The Bertz CT molecular complexity index is 314. The summed E-state index contributed by atoms with van der Waals surface area (Å²) < 4.78 is 35.9. The number of rotatable bonds is 8. The summed E-state index contributed by atoms with van der Waals surface area (Å²) in [6.07, 6.45) is 0. The van der Waals surface area contributed by atoms with Crippen molar-refractivity contribution in [3.8, 4) is 5.75 Å². The monoisotopic (exact) mass is 245 g/mol. The topological polar surface area (TPSA) is 30.5 Å². The van der Waals surface area contributed by atoms with E-state index < -0.39 is 11.6 Å². The molecule has 1 aromatic carbocycles. The van der Waals surface area contributed by atoms with Gasteiger partial charge in [-0.05, 0) is 6.92 Å². The van der Waals surface area contributed by atoms with Crippen molar-refractivity contribution in [1.82, 2.24) is 5.32 Å². The van der Waals surface area contributed by atoms with Gasteiger partial charge in [-0.2, -0.15) is 0 Å². The molecule has 0 aromatic heterocycles. The van der Waals surface area contributed by atoms with Crippen LogP contribution in [-0.4, -0.2) is 32.9 Å². The van der Waals surface area contributed by atoms with Crippen molar-refractivity contribution >= 4 is 0 Å². The third kappa shape index (κ3) is 6.19. The Balaban J connectivity index is 2.13. The maximum absolute atomic E-state index is 12.8. The largest absolute Gasteiger partial charge is 0.492 e. The van der Waals surface area contributed by atoms with Crippen molar-refractivity contribution in [2.24, 2.45) is 0 Å². The molecule has 0 bridgehead atoms. The van der Waals surface area contributed by atoms with Gasteiger partial charge < -0.3 is 14.8 Å². The highest BCUT2D eigenvalue weighted by molar-refractivity contribution is 5.23. The molecule has 0 aliphatic heterocycles. The van der Waals surface area contributed by atoms with Crippen LogP contribution in [0.5, 0.6) is 5.75 Å². The van der Waals surface area contributed by atoms with Crippen molar-refractivity contribution in [3.05, 3.63) is 29.8 Å². The lowest BCUT2D eigenvalue weighted by Gasteiger charge is -2.07. The summed E-state index contributed by atoms with van der Waals surface area (Å²) in [7, 11) is 0. The average Bonchev–Trinajstić information content (AvgIpc) is 2.26. The number of nitrogens with one attached hydrogen (secondary N) is 1. The smallest absolute Gasteiger partial charge is 0.129 e. The summed E-state index contributed by atoms with van der Waals surface area (Å²) in [4.78, 5) is 0. The first-order chi connectivity index (χ1) is 8.22. The van der Waals surface area contributed by atoms with Crippen LogP contribution in [-0.2, 0) is 4.74 Å². The van der Waals surface area contributed by atoms with Gasteiger partial charge in [-0.1, -0.05) is 0 Å². The lowest BCUT2D eigenvalue weighted by Crippen LogP contribution is -2.25. The summed E-state index contributed by atoms with van der Waals surface area (Å²) in [5.41, 5.74) is 0. The quantitative estimate of drug-likeness (QED) is 0.710. The number of benzene rings is 1. The summed E-state index contributed by atoms with van der Waals surface area (Å²) in [5.74, 6) is -1.07. The predicted molar refractivity (Wildman–Crippen MR) is 61.2 cm³/mol. The molecule has 0 atom stereocenters. The maximum atomic E-state index is 12.8. The fourth-order valence-corrected chi connectivity index (χ4v) is 1.27. The molecule has 0 saturated heterocycles. The molecule has 5 heteroatoms. The molecule has 0 unspecified atom stereocenters. The van der Waals surface area contributed by atoms with Crippen LogP contribution in [0.2, 0.25) is 0 Å². The molecular weight excluding hydrogens is 228 g/mol. The van der Waals surface area contributed by atoms with E-state index in [1.807, 2.05) is 6.92 Å². The molecule has 1 rings (SSSR count). The second kappa shape index (κ2) is 7.97. The second-order valence-corrected chi connectivity index (χ2v) is 3.40. The Hall–Kier alpha value is -1.20. The van der Waals surface area contributed by atoms with E-state index in [4.69, 9.17) is 9.47 Å². The van der Waals surface area contributed by atoms with Crippen LogP contribution in [0.15, 0.2) is 18.2 Å². The van der Waals surface area contributed by atoms with Gasteiger partial charge in [-0.25, -0.2) is 8.78 Å². The zero-order chi connectivity index (χ0) is 12.5. The van der Waals surface area contributed by atoms with Gasteiger partial charge in [-0.15, -0.1) is 0 Å². The third-order valence-electron chi connectivity index (χ3n) is 2.01. The molecule has 0 fully saturated rings. The van der Waals surface area contributed by atoms with E-state index >= 15 is 0 Å². The molecule has 17 heavy (non-hydrogen) atoms. The van der Waals surface area contributed by atoms with Crippen molar-refractivity contribution in [2.75, 3.05) is 32.9 Å². The maximum Gasteiger partial charge on any atom is 0.129 e. The van der Waals surface area contributed by atoms with E-state index in [1.54, 1.807) is 0 Å². The Labute approximate surface area is 99.7 Å². The summed E-state index contributed by atoms with van der Waals surface area (Å²) in [6, 6.07) is 3.12. The number of ether oxygens (including phenoxy) is 2. The van der Waals surface area contributed by atoms with Gasteiger partial charge in [0, 0.05) is 37.9 Å². The van der Waals surface area contributed by atoms with E-state index in [0.717, 1.165) is 24.7 Å². The lowest BCUT2D eigenvalue weighted by atomic mass is 10.3. The Kier molecular flexibility index (Phi) is 6.50. The fourth-order valence-electron chi connectivity index (χ4n) is 1.27. The lowest BCUT2D eigenvalue weighted by molar-refractivity contribution is 0.148. The Morgan fingerprint density at radius 3 is 2.35 bits per heavy atom. The summed E-state index contributed by atoms with van der Waals surface area (Å²) in [5, 5.41) is 3.08. The highest BCUT2D eigenvalue weighted by Gasteiger charge is 2.00. The Morgan fingerprint density at radius 2 is 1.71 bits per heavy atom. The van der Waals surface area contributed by atoms with Crippen LogP contribution >= 0.6 is 0 Å². The van der Waals surface area contributed by atoms with Crippen molar-refractivity contribution < 1.29 is 18.3 Å². The minimum absolute atomic E-state index is 0.203. The predicted octanol–water partition coefficient (Wildman–Crippen LogP) is 1.97. The minimum Gasteiger partial charge on any atom is -0.492 e. The molecule has 0 aliphatic carbocycles. The molecule has 1 N–H and O–H groups in total. The van der Waals surface area contributed by atoms with E-state index in [-0.39, 0.29) is 5.75 Å². The van der Waals surface area contributed by atoms with Crippen LogP contribution in [0, 0.1) is 11.6 Å². The SMILES string of the molecule is CCOCCNCCOc1cc(F)cc(F)c1. The molecule has 96 valence electrons. The first-order valence-electron chi connectivity index (χ1n) is 5.59. The zero-order valence-corrected chi connectivity index (χ0v) is 9.84. The zero-order valence-electron chi connectivity index (χ0n) is 9.84. The van der Waals surface area contributed by atoms with Gasteiger partial charge in [0.25, 0.3) is 0 Å². The van der Waals surface area contributed by atoms with Crippen LogP contribution < -0.4 is 10.1 Å². The van der Waals surface area contributed by atoms with Gasteiger partial charge in [0.15, 0.2) is 0 Å². The molecule has 1 aromatic rings. The third-order valence-corrected chi connectivity index (χ3v) is 2.01. The molecule has 0 saturated carbocycles. The van der Waals surface area contributed by atoms with E-state index in [0.29, 0.717) is 26.4 Å². The second-order valence-electron chi connectivity index (χ2n) is 3.40. The highest BCUT2D eigenvalue weighted by Crippen LogP contribution is 2.14. The average molecular weight is 245 g/mol. The number of hydrogen-bond donors (Lipinski definition) is 1. The van der Waals surface area contributed by atoms with Gasteiger partial charge in [-0.3, -0.25) is 0 Å². The normalized spacial score (nSPS) is 10.5. The van der Waals surface area contributed by atoms with E-state index in [2.05, 4.69) is 5.32 Å². The standard InChI is InChI=1S/C12H17F2NO2/c1-2-16-5-3-15-4-6-17-12-8-10(13)7-11(14)9-12/h7-9,15H,2-6H2,1H3. The van der Waals surface area contributed by atoms with Gasteiger partial charge in [0.05, 0.1) is 6.61 Å². The van der Waals surface area contributed by atoms with Crippen molar-refractivity contribution in [2.45, 2.75) is 6.92 Å². The van der Waals surface area contributed by atoms with E-state index in [1.165, 1.54) is 0 Å². The highest BCUT2D eigenvalue weighted by atomic mass is 19.1. The first kappa shape index (κ1) is 13.9. The van der Waals surface area contributed by atoms with Crippen LogP contribution in [0.4, 0.5) is 8.78 Å². The van der Waals surface area contributed by atoms with E-state index in [9.17, 15) is 8.78 Å². The van der Waals surface area contributed by atoms with Gasteiger partial charge in [0.1, 0.15) is 24.0 Å². The minimum atomic E-state index is -0.635. The van der Waals surface area contributed by atoms with Crippen molar-refractivity contribution in [1.29, 1.82) is 0 Å². The molecule has 0 spiro atoms. The molecule has 3 nitrogen and oxygen atoms in total.